The highest BCUT2D eigenvalue weighted by molar-refractivity contribution is 5.74. The van der Waals surface area contributed by atoms with E-state index in [1.807, 2.05) is 0 Å². The minimum absolute atomic E-state index is 0.0773. The molecule has 7 nitrogen and oxygen atoms in total. The van der Waals surface area contributed by atoms with Crippen LogP contribution < -0.4 is 10.6 Å². The van der Waals surface area contributed by atoms with Crippen LogP contribution in [-0.2, 0) is 4.79 Å². The van der Waals surface area contributed by atoms with Crippen LogP contribution in [0.25, 0.3) is 0 Å². The van der Waals surface area contributed by atoms with Gasteiger partial charge in [0.25, 0.3) is 0 Å². The molecule has 2 amide bonds. The minimum atomic E-state index is -0.931. The fraction of sp³-hybridized carbons (Fsp3) is 0.833. The first-order chi connectivity index (χ1) is 9.13. The van der Waals surface area contributed by atoms with Crippen molar-refractivity contribution in [3.63, 3.8) is 0 Å². The molecular weight excluding hydrogens is 250 g/mol. The third-order valence-electron chi connectivity index (χ3n) is 3.27. The number of piperidine rings is 1. The number of carboxylic acids is 1. The topological polar surface area (TPSA) is 102 Å². The van der Waals surface area contributed by atoms with Gasteiger partial charge in [0.2, 0.25) is 0 Å². The standard InChI is InChI=1S/C12H23N3O4/c16-9-10-3-1-2-7-15(10)8-6-14-12(19)13-5-4-11(17)18/h10,16H,1-9H2,(H,17,18)(H2,13,14,19). The predicted molar refractivity (Wildman–Crippen MR) is 70.0 cm³/mol. The summed E-state index contributed by atoms with van der Waals surface area (Å²) in [6, 6.07) is -0.149. The number of nitrogens with one attached hydrogen (secondary N) is 2. The predicted octanol–water partition coefficient (Wildman–Crippen LogP) is -0.393. The van der Waals surface area contributed by atoms with Gasteiger partial charge in [0.05, 0.1) is 13.0 Å². The minimum Gasteiger partial charge on any atom is -0.481 e. The quantitative estimate of drug-likeness (QED) is 0.506. The number of carbonyl (C=O) groups excluding carboxylic acids is 1. The summed E-state index contributed by atoms with van der Waals surface area (Å²) >= 11 is 0. The van der Waals surface area contributed by atoms with Crippen LogP contribution in [0.4, 0.5) is 4.79 Å². The molecule has 0 radical (unpaired) electrons. The second-order valence-corrected chi connectivity index (χ2v) is 4.69. The molecule has 0 aromatic rings. The highest BCUT2D eigenvalue weighted by Gasteiger charge is 2.20. The second-order valence-electron chi connectivity index (χ2n) is 4.69. The van der Waals surface area contributed by atoms with Gasteiger partial charge in [-0.2, -0.15) is 0 Å². The van der Waals surface area contributed by atoms with E-state index in [1.54, 1.807) is 0 Å². The highest BCUT2D eigenvalue weighted by Crippen LogP contribution is 2.15. The van der Waals surface area contributed by atoms with Gasteiger partial charge in [-0.15, -0.1) is 0 Å². The first-order valence-electron chi connectivity index (χ1n) is 6.72. The van der Waals surface area contributed by atoms with Crippen molar-refractivity contribution < 1.29 is 19.8 Å². The van der Waals surface area contributed by atoms with E-state index in [0.717, 1.165) is 25.8 Å². The summed E-state index contributed by atoms with van der Waals surface area (Å²) < 4.78 is 0. The molecule has 1 heterocycles. The molecule has 1 rings (SSSR count). The van der Waals surface area contributed by atoms with Crippen LogP contribution in [0.3, 0.4) is 0 Å². The number of nitrogens with zero attached hydrogens (tertiary/aromatic N) is 1. The number of hydrogen-bond acceptors (Lipinski definition) is 4. The van der Waals surface area contributed by atoms with E-state index < -0.39 is 5.97 Å². The average Bonchev–Trinajstić information content (AvgIpc) is 2.39. The Hall–Kier alpha value is -1.34. The van der Waals surface area contributed by atoms with Crippen LogP contribution in [0.2, 0.25) is 0 Å². The second kappa shape index (κ2) is 8.71. The number of aliphatic carboxylic acids is 1. The summed E-state index contributed by atoms with van der Waals surface area (Å²) in [7, 11) is 0. The molecule has 0 aromatic carbocycles. The molecule has 19 heavy (non-hydrogen) atoms. The first kappa shape index (κ1) is 15.7. The number of likely N-dealkylation sites (tertiary alicyclic amines) is 1. The summed E-state index contributed by atoms with van der Waals surface area (Å²) in [5, 5.41) is 22.8. The Morgan fingerprint density at radius 1 is 1.21 bits per heavy atom. The van der Waals surface area contributed by atoms with Crippen LogP contribution in [0.1, 0.15) is 25.7 Å². The van der Waals surface area contributed by atoms with Gasteiger partial charge < -0.3 is 20.8 Å². The van der Waals surface area contributed by atoms with Crippen molar-refractivity contribution >= 4 is 12.0 Å². The van der Waals surface area contributed by atoms with Gasteiger partial charge in [-0.3, -0.25) is 9.69 Å². The highest BCUT2D eigenvalue weighted by atomic mass is 16.4. The lowest BCUT2D eigenvalue weighted by Crippen LogP contribution is -2.47. The van der Waals surface area contributed by atoms with Crippen LogP contribution in [0.15, 0.2) is 0 Å². The van der Waals surface area contributed by atoms with E-state index >= 15 is 0 Å². The Morgan fingerprint density at radius 3 is 2.63 bits per heavy atom. The molecule has 1 fully saturated rings. The van der Waals surface area contributed by atoms with Gasteiger partial charge in [-0.1, -0.05) is 6.42 Å². The number of amides is 2. The maximum Gasteiger partial charge on any atom is 0.314 e. The van der Waals surface area contributed by atoms with Crippen molar-refractivity contribution in [1.82, 2.24) is 15.5 Å². The maximum atomic E-state index is 11.3. The molecule has 4 N–H and O–H groups in total. The zero-order valence-electron chi connectivity index (χ0n) is 11.1. The maximum absolute atomic E-state index is 11.3. The van der Waals surface area contributed by atoms with Crippen molar-refractivity contribution in [3.8, 4) is 0 Å². The Bertz CT molecular complexity index is 299. The Morgan fingerprint density at radius 2 is 1.95 bits per heavy atom. The molecule has 0 aromatic heterocycles. The molecule has 0 bridgehead atoms. The van der Waals surface area contributed by atoms with E-state index in [1.165, 1.54) is 0 Å². The molecule has 1 saturated heterocycles. The Balaban J connectivity index is 2.11. The molecule has 0 saturated carbocycles. The first-order valence-corrected chi connectivity index (χ1v) is 6.72. The number of hydrogen-bond donors (Lipinski definition) is 4. The zero-order chi connectivity index (χ0) is 14.1. The number of carboxylic acid groups (broad SMARTS) is 1. The SMILES string of the molecule is O=C(O)CCNC(=O)NCCN1CCCCC1CO. The van der Waals surface area contributed by atoms with E-state index in [0.29, 0.717) is 13.1 Å². The van der Waals surface area contributed by atoms with Crippen molar-refractivity contribution in [2.24, 2.45) is 0 Å². The molecule has 0 aliphatic carbocycles. The van der Waals surface area contributed by atoms with Crippen LogP contribution in [0.5, 0.6) is 0 Å². The fourth-order valence-electron chi connectivity index (χ4n) is 2.22. The smallest absolute Gasteiger partial charge is 0.314 e. The lowest BCUT2D eigenvalue weighted by atomic mass is 10.0. The van der Waals surface area contributed by atoms with E-state index in [-0.39, 0.29) is 31.6 Å². The normalized spacial score (nSPS) is 19.9. The van der Waals surface area contributed by atoms with Crippen molar-refractivity contribution in [2.45, 2.75) is 31.7 Å². The van der Waals surface area contributed by atoms with E-state index in [4.69, 9.17) is 5.11 Å². The summed E-state index contributed by atoms with van der Waals surface area (Å²) in [5.41, 5.74) is 0. The van der Waals surface area contributed by atoms with Crippen LogP contribution in [0, 0.1) is 0 Å². The molecular formula is C12H23N3O4. The number of aliphatic hydroxyl groups is 1. The molecule has 1 aliphatic rings. The van der Waals surface area contributed by atoms with Crippen molar-refractivity contribution in [1.29, 1.82) is 0 Å². The zero-order valence-corrected chi connectivity index (χ0v) is 11.1. The summed E-state index contributed by atoms with van der Waals surface area (Å²) in [6.07, 6.45) is 3.19. The lowest BCUT2D eigenvalue weighted by Gasteiger charge is -2.34. The number of carbonyl (C=O) groups is 2. The Kier molecular flexibility index (Phi) is 7.20. The third kappa shape index (κ3) is 6.40. The van der Waals surface area contributed by atoms with Gasteiger partial charge in [-0.05, 0) is 19.4 Å². The fourth-order valence-corrected chi connectivity index (χ4v) is 2.22. The third-order valence-corrected chi connectivity index (χ3v) is 3.27. The number of aliphatic hydroxyl groups excluding tert-OH is 1. The molecule has 7 heteroatoms. The number of rotatable bonds is 7. The van der Waals surface area contributed by atoms with Crippen LogP contribution in [-0.4, -0.2) is 65.9 Å². The Labute approximate surface area is 113 Å². The summed E-state index contributed by atoms with van der Waals surface area (Å²) in [6.45, 7) is 2.44. The monoisotopic (exact) mass is 273 g/mol. The van der Waals surface area contributed by atoms with Crippen molar-refractivity contribution in [2.75, 3.05) is 32.8 Å². The van der Waals surface area contributed by atoms with Crippen molar-refractivity contribution in [3.05, 3.63) is 0 Å². The number of urea groups is 1. The molecule has 1 atom stereocenters. The van der Waals surface area contributed by atoms with E-state index in [2.05, 4.69) is 15.5 Å². The molecule has 110 valence electrons. The van der Waals surface area contributed by atoms with Gasteiger partial charge in [-0.25, -0.2) is 4.79 Å². The van der Waals surface area contributed by atoms with Gasteiger partial charge in [0, 0.05) is 25.7 Å². The van der Waals surface area contributed by atoms with Gasteiger partial charge >= 0.3 is 12.0 Å². The molecule has 1 unspecified atom stereocenters. The van der Waals surface area contributed by atoms with Gasteiger partial charge in [0.15, 0.2) is 0 Å². The largest absolute Gasteiger partial charge is 0.481 e. The summed E-state index contributed by atoms with van der Waals surface area (Å²) in [4.78, 5) is 23.8. The lowest BCUT2D eigenvalue weighted by molar-refractivity contribution is -0.136. The molecule has 0 spiro atoms. The molecule has 1 aliphatic heterocycles. The average molecular weight is 273 g/mol. The van der Waals surface area contributed by atoms with Crippen LogP contribution >= 0.6 is 0 Å². The van der Waals surface area contributed by atoms with E-state index in [9.17, 15) is 14.7 Å². The van der Waals surface area contributed by atoms with Gasteiger partial charge in [0.1, 0.15) is 0 Å². The summed E-state index contributed by atoms with van der Waals surface area (Å²) in [5.74, 6) is -0.931.